The summed E-state index contributed by atoms with van der Waals surface area (Å²) in [6.07, 6.45) is 4.83. The van der Waals surface area contributed by atoms with E-state index in [0.717, 1.165) is 48.3 Å². The van der Waals surface area contributed by atoms with Gasteiger partial charge in [0.2, 0.25) is 0 Å². The maximum atomic E-state index is 6.10. The standard InChI is InChI=1S/C21H26N4O/c1-3-6-15(2)26-20-8-5-4-7-16(20)11-12-23-21-18-13-17(22)9-10-19(18)24-14-25-21/h4-5,7-10,13-15H,3,6,11-12,22H2,1-2H3,(H,23,24,25). The van der Waals surface area contributed by atoms with Gasteiger partial charge in [-0.15, -0.1) is 0 Å². The first kappa shape index (κ1) is 18.0. The van der Waals surface area contributed by atoms with Gasteiger partial charge in [-0.2, -0.15) is 0 Å². The minimum atomic E-state index is 0.225. The van der Waals surface area contributed by atoms with Gasteiger partial charge < -0.3 is 15.8 Å². The first-order valence-electron chi connectivity index (χ1n) is 9.16. The largest absolute Gasteiger partial charge is 0.490 e. The Kier molecular flexibility index (Phi) is 5.89. The third-order valence-corrected chi connectivity index (χ3v) is 4.34. The van der Waals surface area contributed by atoms with Crippen LogP contribution in [0.5, 0.6) is 5.75 Å². The minimum absolute atomic E-state index is 0.225. The number of hydrogen-bond donors (Lipinski definition) is 2. The molecule has 3 N–H and O–H groups in total. The molecule has 1 aromatic heterocycles. The van der Waals surface area contributed by atoms with Crippen molar-refractivity contribution in [2.24, 2.45) is 0 Å². The van der Waals surface area contributed by atoms with Crippen LogP contribution in [-0.2, 0) is 6.42 Å². The number of aromatic nitrogens is 2. The van der Waals surface area contributed by atoms with Crippen LogP contribution in [0.1, 0.15) is 32.3 Å². The van der Waals surface area contributed by atoms with Gasteiger partial charge in [-0.25, -0.2) is 9.97 Å². The molecule has 0 radical (unpaired) electrons. The first-order chi connectivity index (χ1) is 12.7. The minimum Gasteiger partial charge on any atom is -0.490 e. The van der Waals surface area contributed by atoms with Gasteiger partial charge in [0.15, 0.2) is 0 Å². The molecule has 0 saturated carbocycles. The van der Waals surface area contributed by atoms with Crippen LogP contribution < -0.4 is 15.8 Å². The Hall–Kier alpha value is -2.82. The molecular formula is C21H26N4O. The lowest BCUT2D eigenvalue weighted by Gasteiger charge is -2.17. The van der Waals surface area contributed by atoms with E-state index in [-0.39, 0.29) is 6.10 Å². The molecule has 2 aromatic carbocycles. The number of anilines is 2. The lowest BCUT2D eigenvalue weighted by atomic mass is 10.1. The van der Waals surface area contributed by atoms with Crippen molar-refractivity contribution in [1.82, 2.24) is 9.97 Å². The summed E-state index contributed by atoms with van der Waals surface area (Å²) < 4.78 is 6.10. The molecule has 5 heteroatoms. The lowest BCUT2D eigenvalue weighted by molar-refractivity contribution is 0.208. The molecule has 5 nitrogen and oxygen atoms in total. The van der Waals surface area contributed by atoms with Crippen molar-refractivity contribution in [2.45, 2.75) is 39.2 Å². The summed E-state index contributed by atoms with van der Waals surface area (Å²) in [5.74, 6) is 1.77. The first-order valence-corrected chi connectivity index (χ1v) is 9.16. The lowest BCUT2D eigenvalue weighted by Crippen LogP contribution is -2.13. The van der Waals surface area contributed by atoms with Crippen LogP contribution in [0, 0.1) is 0 Å². The van der Waals surface area contributed by atoms with Gasteiger partial charge in [0.1, 0.15) is 17.9 Å². The highest BCUT2D eigenvalue weighted by Gasteiger charge is 2.08. The van der Waals surface area contributed by atoms with Gasteiger partial charge in [-0.1, -0.05) is 31.5 Å². The summed E-state index contributed by atoms with van der Waals surface area (Å²) in [4.78, 5) is 8.65. The number of benzene rings is 2. The van der Waals surface area contributed by atoms with Crippen LogP contribution in [0.2, 0.25) is 0 Å². The molecule has 0 fully saturated rings. The Morgan fingerprint density at radius 3 is 2.85 bits per heavy atom. The number of fused-ring (bicyclic) bond motifs is 1. The Morgan fingerprint density at radius 2 is 2.00 bits per heavy atom. The van der Waals surface area contributed by atoms with E-state index in [1.807, 2.05) is 36.4 Å². The maximum Gasteiger partial charge on any atom is 0.137 e. The molecule has 1 unspecified atom stereocenters. The smallest absolute Gasteiger partial charge is 0.137 e. The molecule has 3 rings (SSSR count). The highest BCUT2D eigenvalue weighted by atomic mass is 16.5. The molecule has 26 heavy (non-hydrogen) atoms. The number of nitrogens with zero attached hydrogens (tertiary/aromatic N) is 2. The zero-order valence-electron chi connectivity index (χ0n) is 15.4. The van der Waals surface area contributed by atoms with Crippen molar-refractivity contribution >= 4 is 22.4 Å². The summed E-state index contributed by atoms with van der Waals surface area (Å²) in [5, 5.41) is 4.35. The van der Waals surface area contributed by atoms with Crippen molar-refractivity contribution in [3.8, 4) is 5.75 Å². The summed E-state index contributed by atoms with van der Waals surface area (Å²) in [6, 6.07) is 13.9. The zero-order chi connectivity index (χ0) is 18.4. The van der Waals surface area contributed by atoms with E-state index >= 15 is 0 Å². The topological polar surface area (TPSA) is 73.1 Å². The van der Waals surface area contributed by atoms with Gasteiger partial charge in [-0.05, 0) is 49.6 Å². The Morgan fingerprint density at radius 1 is 1.15 bits per heavy atom. The van der Waals surface area contributed by atoms with Crippen molar-refractivity contribution in [1.29, 1.82) is 0 Å². The van der Waals surface area contributed by atoms with Crippen molar-refractivity contribution in [3.63, 3.8) is 0 Å². The molecule has 0 aliphatic carbocycles. The number of hydrogen-bond acceptors (Lipinski definition) is 5. The summed E-state index contributed by atoms with van der Waals surface area (Å²) in [5.41, 5.74) is 8.69. The highest BCUT2D eigenvalue weighted by molar-refractivity contribution is 5.91. The number of para-hydroxylation sites is 1. The number of nitrogens with one attached hydrogen (secondary N) is 1. The normalized spacial score (nSPS) is 12.1. The van der Waals surface area contributed by atoms with E-state index in [0.29, 0.717) is 5.69 Å². The molecule has 0 aliphatic heterocycles. The van der Waals surface area contributed by atoms with Crippen LogP contribution >= 0.6 is 0 Å². The van der Waals surface area contributed by atoms with E-state index in [2.05, 4.69) is 35.2 Å². The predicted octanol–water partition coefficient (Wildman–Crippen LogP) is 4.43. The second-order valence-corrected chi connectivity index (χ2v) is 6.50. The van der Waals surface area contributed by atoms with E-state index in [1.165, 1.54) is 5.56 Å². The molecule has 136 valence electrons. The molecule has 3 aromatic rings. The highest BCUT2D eigenvalue weighted by Crippen LogP contribution is 2.23. The molecule has 0 saturated heterocycles. The fraction of sp³-hybridized carbons (Fsp3) is 0.333. The van der Waals surface area contributed by atoms with Crippen molar-refractivity contribution < 1.29 is 4.74 Å². The number of rotatable bonds is 8. The quantitative estimate of drug-likeness (QED) is 0.588. The molecule has 1 heterocycles. The van der Waals surface area contributed by atoms with Crippen molar-refractivity contribution in [2.75, 3.05) is 17.6 Å². The van der Waals surface area contributed by atoms with Gasteiger partial charge in [0.25, 0.3) is 0 Å². The molecular weight excluding hydrogens is 324 g/mol. The molecule has 0 amide bonds. The molecule has 0 spiro atoms. The second-order valence-electron chi connectivity index (χ2n) is 6.50. The molecule has 0 aliphatic rings. The second kappa shape index (κ2) is 8.52. The van der Waals surface area contributed by atoms with Gasteiger partial charge in [-0.3, -0.25) is 0 Å². The summed E-state index contributed by atoms with van der Waals surface area (Å²) >= 11 is 0. The monoisotopic (exact) mass is 350 g/mol. The Bertz CT molecular complexity index is 866. The number of nitrogens with two attached hydrogens (primary N) is 1. The fourth-order valence-electron chi connectivity index (χ4n) is 3.04. The Balaban J connectivity index is 1.68. The molecule has 0 bridgehead atoms. The summed E-state index contributed by atoms with van der Waals surface area (Å²) in [6.45, 7) is 5.05. The fourth-order valence-corrected chi connectivity index (χ4v) is 3.04. The van der Waals surface area contributed by atoms with Gasteiger partial charge in [0.05, 0.1) is 11.6 Å². The average molecular weight is 350 g/mol. The Labute approximate surface area is 154 Å². The van der Waals surface area contributed by atoms with Crippen molar-refractivity contribution in [3.05, 3.63) is 54.4 Å². The van der Waals surface area contributed by atoms with Gasteiger partial charge >= 0.3 is 0 Å². The van der Waals surface area contributed by atoms with E-state index in [1.54, 1.807) is 6.33 Å². The zero-order valence-corrected chi connectivity index (χ0v) is 15.4. The van der Waals surface area contributed by atoms with Crippen LogP contribution in [0.3, 0.4) is 0 Å². The van der Waals surface area contributed by atoms with Crippen LogP contribution in [0.15, 0.2) is 48.8 Å². The van der Waals surface area contributed by atoms with Crippen LogP contribution in [0.25, 0.3) is 10.9 Å². The third-order valence-electron chi connectivity index (χ3n) is 4.34. The van der Waals surface area contributed by atoms with E-state index in [4.69, 9.17) is 10.5 Å². The van der Waals surface area contributed by atoms with Gasteiger partial charge in [0, 0.05) is 17.6 Å². The SMILES string of the molecule is CCCC(C)Oc1ccccc1CCNc1ncnc2ccc(N)cc12. The van der Waals surface area contributed by atoms with Crippen LogP contribution in [-0.4, -0.2) is 22.6 Å². The summed E-state index contributed by atoms with van der Waals surface area (Å²) in [7, 11) is 0. The number of ether oxygens (including phenoxy) is 1. The van der Waals surface area contributed by atoms with Crippen LogP contribution in [0.4, 0.5) is 11.5 Å². The predicted molar refractivity (Wildman–Crippen MR) is 108 cm³/mol. The number of nitrogen functional groups attached to an aromatic ring is 1. The maximum absolute atomic E-state index is 6.10. The third kappa shape index (κ3) is 4.42. The average Bonchev–Trinajstić information content (AvgIpc) is 2.63. The van der Waals surface area contributed by atoms with E-state index in [9.17, 15) is 0 Å². The molecule has 1 atom stereocenters. The van der Waals surface area contributed by atoms with E-state index < -0.39 is 0 Å².